The molecule has 0 aliphatic rings. The molecule has 0 aliphatic heterocycles. The van der Waals surface area contributed by atoms with Crippen molar-refractivity contribution in [2.45, 2.75) is 97.3 Å². The number of halogens is 3. The fourth-order valence-corrected chi connectivity index (χ4v) is 5.80. The number of hydrogen-bond donors (Lipinski definition) is 2. The third-order valence-corrected chi connectivity index (χ3v) is 7.82. The Morgan fingerprint density at radius 1 is 0.795 bits per heavy atom. The molecule has 2 aromatic carbocycles. The lowest BCUT2D eigenvalue weighted by atomic mass is 10.0. The van der Waals surface area contributed by atoms with Crippen molar-refractivity contribution in [1.82, 2.24) is 9.78 Å². The molecule has 0 unspecified atom stereocenters. The van der Waals surface area contributed by atoms with E-state index >= 15 is 0 Å². The second-order valence-electron chi connectivity index (χ2n) is 10.8. The lowest BCUT2D eigenvalue weighted by molar-refractivity contribution is -0.132. The van der Waals surface area contributed by atoms with Crippen LogP contribution >= 0.6 is 34.8 Å². The van der Waals surface area contributed by atoms with Gasteiger partial charge in [0, 0.05) is 35.7 Å². The number of carbonyl (C=O) groups is 3. The highest BCUT2D eigenvalue weighted by Gasteiger charge is 2.20. The van der Waals surface area contributed by atoms with Crippen molar-refractivity contribution in [3.8, 4) is 11.6 Å². The van der Waals surface area contributed by atoms with Crippen molar-refractivity contribution in [3.63, 3.8) is 0 Å². The van der Waals surface area contributed by atoms with E-state index in [1.165, 1.54) is 87.6 Å². The van der Waals surface area contributed by atoms with Crippen LogP contribution in [0.25, 0.3) is 5.69 Å². The SMILES string of the molecule is CCCCCCCCCCCCCCC(=O)Nc1cccc(C(=O)Nc2cc(OC(C)=O)n(-c3c(Cl)cc(Cl)cc3Cl)n2)c1. The number of benzene rings is 2. The molecule has 1 heterocycles. The first-order chi connectivity index (χ1) is 21.2. The Labute approximate surface area is 274 Å². The maximum absolute atomic E-state index is 13.1. The number of amides is 2. The van der Waals surface area contributed by atoms with Gasteiger partial charge in [0.25, 0.3) is 5.91 Å². The van der Waals surface area contributed by atoms with Crippen molar-refractivity contribution in [3.05, 3.63) is 63.1 Å². The number of nitrogens with one attached hydrogen (secondary N) is 2. The summed E-state index contributed by atoms with van der Waals surface area (Å²) in [4.78, 5) is 37.3. The molecule has 2 N–H and O–H groups in total. The summed E-state index contributed by atoms with van der Waals surface area (Å²) in [5.74, 6) is -1.07. The van der Waals surface area contributed by atoms with Crippen molar-refractivity contribution in [2.24, 2.45) is 0 Å². The van der Waals surface area contributed by atoms with E-state index in [9.17, 15) is 14.4 Å². The number of nitrogens with zero attached hydrogens (tertiary/aromatic N) is 2. The van der Waals surface area contributed by atoms with Gasteiger partial charge in [-0.15, -0.1) is 5.10 Å². The minimum atomic E-state index is -0.600. The van der Waals surface area contributed by atoms with Crippen LogP contribution in [-0.2, 0) is 9.59 Å². The summed E-state index contributed by atoms with van der Waals surface area (Å²) in [5.41, 5.74) is 1.05. The Morgan fingerprint density at radius 2 is 1.39 bits per heavy atom. The summed E-state index contributed by atoms with van der Waals surface area (Å²) in [6.45, 7) is 3.48. The Kier molecular flexibility index (Phi) is 15.0. The number of esters is 1. The zero-order valence-corrected chi connectivity index (χ0v) is 27.7. The quantitative estimate of drug-likeness (QED) is 0.104. The normalized spacial score (nSPS) is 10.9. The minimum Gasteiger partial charge on any atom is -0.407 e. The van der Waals surface area contributed by atoms with Crippen LogP contribution in [0.2, 0.25) is 15.1 Å². The molecule has 0 fully saturated rings. The first kappa shape index (κ1) is 35.4. The largest absolute Gasteiger partial charge is 0.407 e. The third-order valence-electron chi connectivity index (χ3n) is 7.03. The second-order valence-corrected chi connectivity index (χ2v) is 12.1. The molecule has 3 rings (SSSR count). The van der Waals surface area contributed by atoms with Crippen molar-refractivity contribution in [2.75, 3.05) is 10.6 Å². The molecule has 2 amide bonds. The van der Waals surface area contributed by atoms with Crippen LogP contribution in [0, 0.1) is 0 Å². The van der Waals surface area contributed by atoms with Gasteiger partial charge in [0.1, 0.15) is 5.69 Å². The van der Waals surface area contributed by atoms with Crippen molar-refractivity contribution < 1.29 is 19.1 Å². The van der Waals surface area contributed by atoms with Gasteiger partial charge in [-0.1, -0.05) is 118 Å². The van der Waals surface area contributed by atoms with Crippen LogP contribution < -0.4 is 15.4 Å². The molecule has 238 valence electrons. The van der Waals surface area contributed by atoms with Crippen molar-refractivity contribution >= 4 is 64.1 Å². The topological polar surface area (TPSA) is 102 Å². The fourth-order valence-electron chi connectivity index (χ4n) is 4.82. The van der Waals surface area contributed by atoms with Crippen LogP contribution in [0.3, 0.4) is 0 Å². The maximum atomic E-state index is 13.1. The molecule has 0 radical (unpaired) electrons. The van der Waals surface area contributed by atoms with Gasteiger partial charge in [0.05, 0.1) is 10.0 Å². The lowest BCUT2D eigenvalue weighted by Crippen LogP contribution is -2.15. The summed E-state index contributed by atoms with van der Waals surface area (Å²) < 4.78 is 6.48. The van der Waals surface area contributed by atoms with Gasteiger partial charge in [-0.05, 0) is 36.8 Å². The first-order valence-electron chi connectivity index (χ1n) is 15.3. The lowest BCUT2D eigenvalue weighted by Gasteiger charge is -2.10. The molecule has 0 saturated carbocycles. The Morgan fingerprint density at radius 3 is 1.98 bits per heavy atom. The van der Waals surface area contributed by atoms with E-state index in [0.29, 0.717) is 22.7 Å². The number of unbranched alkanes of at least 4 members (excludes halogenated alkanes) is 11. The van der Waals surface area contributed by atoms with Crippen LogP contribution in [0.1, 0.15) is 108 Å². The molecule has 1 aromatic heterocycles. The number of aromatic nitrogens is 2. The van der Waals surface area contributed by atoms with Crippen LogP contribution in [0.15, 0.2) is 42.5 Å². The molecule has 8 nitrogen and oxygen atoms in total. The smallest absolute Gasteiger partial charge is 0.309 e. The van der Waals surface area contributed by atoms with Gasteiger partial charge in [0.2, 0.25) is 11.8 Å². The van der Waals surface area contributed by atoms with Gasteiger partial charge in [-0.2, -0.15) is 4.68 Å². The zero-order valence-electron chi connectivity index (χ0n) is 25.4. The van der Waals surface area contributed by atoms with Crippen LogP contribution in [0.5, 0.6) is 5.88 Å². The average molecular weight is 664 g/mol. The van der Waals surface area contributed by atoms with E-state index in [2.05, 4.69) is 22.7 Å². The summed E-state index contributed by atoms with van der Waals surface area (Å²) in [6, 6.07) is 10.9. The highest BCUT2D eigenvalue weighted by Crippen LogP contribution is 2.35. The van der Waals surface area contributed by atoms with E-state index < -0.39 is 11.9 Å². The molecule has 44 heavy (non-hydrogen) atoms. The Bertz CT molecular complexity index is 1390. The molecule has 0 atom stereocenters. The molecular formula is C33H41Cl3N4O4. The minimum absolute atomic E-state index is 0.00209. The summed E-state index contributed by atoms with van der Waals surface area (Å²) in [7, 11) is 0. The molecule has 0 spiro atoms. The third kappa shape index (κ3) is 11.8. The second kappa shape index (κ2) is 18.7. The Balaban J connectivity index is 1.49. The van der Waals surface area contributed by atoms with E-state index in [0.717, 1.165) is 19.3 Å². The molecule has 0 aliphatic carbocycles. The van der Waals surface area contributed by atoms with Gasteiger partial charge in [-0.25, -0.2) is 0 Å². The van der Waals surface area contributed by atoms with Gasteiger partial charge >= 0.3 is 5.97 Å². The van der Waals surface area contributed by atoms with Gasteiger partial charge in [0.15, 0.2) is 5.82 Å². The standard InChI is InChI=1S/C33H41Cl3N4O4/c1-3-4-5-6-7-8-9-10-11-12-13-14-18-30(42)37-26-17-15-16-24(19-26)33(43)38-29-22-31(44-23(2)41)40(39-29)32-27(35)20-25(34)21-28(32)36/h15-17,19-22H,3-14,18H2,1-2H3,(H,37,42)(H,38,39,43). The number of rotatable bonds is 18. The molecule has 3 aromatic rings. The van der Waals surface area contributed by atoms with Gasteiger partial charge in [-0.3, -0.25) is 14.4 Å². The summed E-state index contributed by atoms with van der Waals surface area (Å²) in [6.07, 6.45) is 15.3. The van der Waals surface area contributed by atoms with Gasteiger partial charge < -0.3 is 15.4 Å². The maximum Gasteiger partial charge on any atom is 0.309 e. The van der Waals surface area contributed by atoms with Crippen molar-refractivity contribution in [1.29, 1.82) is 0 Å². The predicted octanol–water partition coefficient (Wildman–Crippen LogP) is 10.0. The number of anilines is 2. The molecule has 0 bridgehead atoms. The number of carbonyl (C=O) groups excluding carboxylic acids is 3. The number of ether oxygens (including phenoxy) is 1. The average Bonchev–Trinajstić information content (AvgIpc) is 3.33. The van der Waals surface area contributed by atoms with Crippen LogP contribution in [0.4, 0.5) is 11.5 Å². The van der Waals surface area contributed by atoms with E-state index in [1.807, 2.05) is 0 Å². The highest BCUT2D eigenvalue weighted by molar-refractivity contribution is 6.40. The Hall–Kier alpha value is -3.07. The highest BCUT2D eigenvalue weighted by atomic mass is 35.5. The molecule has 0 saturated heterocycles. The molecular weight excluding hydrogens is 623 g/mol. The zero-order chi connectivity index (χ0) is 31.9. The number of hydrogen-bond acceptors (Lipinski definition) is 5. The fraction of sp³-hybridized carbons (Fsp3) is 0.455. The van der Waals surface area contributed by atoms with E-state index in [1.54, 1.807) is 24.3 Å². The van der Waals surface area contributed by atoms with E-state index in [4.69, 9.17) is 39.5 Å². The first-order valence-corrected chi connectivity index (χ1v) is 16.5. The summed E-state index contributed by atoms with van der Waals surface area (Å²) in [5, 5.41) is 10.6. The van der Waals surface area contributed by atoms with E-state index in [-0.39, 0.29) is 33.3 Å². The predicted molar refractivity (Wildman–Crippen MR) is 179 cm³/mol. The van der Waals surface area contributed by atoms with Crippen LogP contribution in [-0.4, -0.2) is 27.6 Å². The molecule has 11 heteroatoms. The monoisotopic (exact) mass is 662 g/mol. The summed E-state index contributed by atoms with van der Waals surface area (Å²) >= 11 is 18.7.